The number of rotatable bonds is 1. The third kappa shape index (κ3) is 2.01. The predicted molar refractivity (Wildman–Crippen MR) is 94.1 cm³/mol. The molecule has 1 unspecified atom stereocenters. The highest BCUT2D eigenvalue weighted by atomic mass is 35.5. The molecule has 1 saturated heterocycles. The maximum absolute atomic E-state index is 6.33. The maximum Gasteiger partial charge on any atom is 0.165 e. The Morgan fingerprint density at radius 3 is 2.83 bits per heavy atom. The summed E-state index contributed by atoms with van der Waals surface area (Å²) in [6.45, 7) is 0. The summed E-state index contributed by atoms with van der Waals surface area (Å²) in [7, 11) is 2.15. The number of nitrogens with zero attached hydrogens (tertiary/aromatic N) is 2. The van der Waals surface area contributed by atoms with Crippen molar-refractivity contribution in [1.29, 1.82) is 0 Å². The number of halogens is 1. The van der Waals surface area contributed by atoms with E-state index in [2.05, 4.69) is 34.9 Å². The second-order valence-corrected chi connectivity index (χ2v) is 8.48. The molecule has 122 valence electrons. The van der Waals surface area contributed by atoms with Crippen molar-refractivity contribution in [3.05, 3.63) is 29.3 Å². The van der Waals surface area contributed by atoms with Crippen LogP contribution in [0.3, 0.4) is 0 Å². The van der Waals surface area contributed by atoms with E-state index < -0.39 is 0 Å². The first-order valence-electron chi connectivity index (χ1n) is 8.33. The van der Waals surface area contributed by atoms with Gasteiger partial charge in [0.1, 0.15) is 5.00 Å². The molecule has 6 heteroatoms. The zero-order valence-corrected chi connectivity index (χ0v) is 14.7. The summed E-state index contributed by atoms with van der Waals surface area (Å²) in [6.07, 6.45) is 6.42. The summed E-state index contributed by atoms with van der Waals surface area (Å²) in [6, 6.07) is 8.24. The molecular weight excluding hydrogens is 330 g/mol. The van der Waals surface area contributed by atoms with Crippen LogP contribution in [0.15, 0.2) is 24.3 Å². The van der Waals surface area contributed by atoms with Gasteiger partial charge in [-0.25, -0.2) is 5.12 Å². The molecule has 6 rings (SSSR count). The van der Waals surface area contributed by atoms with Crippen LogP contribution in [0, 0.1) is 11.8 Å². The molecule has 2 heterocycles. The van der Waals surface area contributed by atoms with Crippen molar-refractivity contribution in [2.24, 2.45) is 11.8 Å². The van der Waals surface area contributed by atoms with Gasteiger partial charge in [-0.05, 0) is 55.5 Å². The number of thiophene rings is 1. The molecule has 3 aliphatic carbocycles. The average molecular weight is 350 g/mol. The predicted octanol–water partition coefficient (Wildman–Crippen LogP) is 4.56. The lowest BCUT2D eigenvalue weighted by atomic mass is 9.65. The molecule has 3 saturated carbocycles. The van der Waals surface area contributed by atoms with Crippen LogP contribution < -0.4 is 10.7 Å². The minimum absolute atomic E-state index is 0.179. The van der Waals surface area contributed by atoms with Crippen molar-refractivity contribution in [2.75, 3.05) is 12.2 Å². The Labute approximate surface area is 144 Å². The minimum Gasteiger partial charge on any atom is -0.256 e. The van der Waals surface area contributed by atoms with Gasteiger partial charge in [-0.1, -0.05) is 29.3 Å². The Bertz CT molecular complexity index is 757. The van der Waals surface area contributed by atoms with Gasteiger partial charge >= 0.3 is 0 Å². The van der Waals surface area contributed by atoms with Gasteiger partial charge in [-0.2, -0.15) is 5.01 Å². The number of fused-ring (bicyclic) bond motifs is 3. The molecule has 1 aliphatic heterocycles. The van der Waals surface area contributed by atoms with E-state index in [1.807, 2.05) is 12.1 Å². The Morgan fingerprint density at radius 2 is 2.13 bits per heavy atom. The number of benzene rings is 1. The van der Waals surface area contributed by atoms with Crippen LogP contribution in [0.1, 0.15) is 32.1 Å². The summed E-state index contributed by atoms with van der Waals surface area (Å²) in [4.78, 5) is 6.20. The van der Waals surface area contributed by atoms with Crippen LogP contribution in [0.2, 0.25) is 5.02 Å². The van der Waals surface area contributed by atoms with Crippen LogP contribution >= 0.6 is 22.9 Å². The first kappa shape index (κ1) is 14.5. The number of hydrogen-bond donors (Lipinski definition) is 1. The fraction of sp³-hybridized carbons (Fsp3) is 0.529. The van der Waals surface area contributed by atoms with E-state index in [1.165, 1.54) is 31.1 Å². The van der Waals surface area contributed by atoms with Gasteiger partial charge in [0.2, 0.25) is 0 Å². The SMILES string of the molecule is CN1N(c2cc3cccc(Cl)c3s2)NOC12CC1CCC2CC1. The van der Waals surface area contributed by atoms with Crippen LogP contribution in [0.5, 0.6) is 0 Å². The summed E-state index contributed by atoms with van der Waals surface area (Å²) in [5.41, 5.74) is 3.00. The molecule has 1 spiro atoms. The zero-order valence-electron chi connectivity index (χ0n) is 13.1. The third-order valence-electron chi connectivity index (χ3n) is 5.91. The topological polar surface area (TPSA) is 27.7 Å². The number of nitrogens with one attached hydrogen (secondary N) is 1. The lowest BCUT2D eigenvalue weighted by Gasteiger charge is -2.50. The van der Waals surface area contributed by atoms with Crippen molar-refractivity contribution in [3.8, 4) is 0 Å². The average Bonchev–Trinajstić information content (AvgIpc) is 3.13. The largest absolute Gasteiger partial charge is 0.256 e. The minimum atomic E-state index is -0.179. The highest BCUT2D eigenvalue weighted by Gasteiger charge is 2.56. The Balaban J connectivity index is 1.51. The molecule has 1 N–H and O–H groups in total. The third-order valence-corrected chi connectivity index (χ3v) is 7.50. The van der Waals surface area contributed by atoms with E-state index in [-0.39, 0.29) is 5.72 Å². The molecule has 0 amide bonds. The fourth-order valence-electron chi connectivity index (χ4n) is 4.65. The summed E-state index contributed by atoms with van der Waals surface area (Å²) in [5.74, 6) is 1.43. The van der Waals surface area contributed by atoms with Gasteiger partial charge in [0, 0.05) is 13.0 Å². The fourth-order valence-corrected chi connectivity index (χ4v) is 6.00. The van der Waals surface area contributed by atoms with Crippen LogP contribution in [-0.2, 0) is 4.84 Å². The summed E-state index contributed by atoms with van der Waals surface area (Å²) < 4.78 is 1.13. The van der Waals surface area contributed by atoms with Gasteiger partial charge in [0.25, 0.3) is 0 Å². The first-order chi connectivity index (χ1) is 11.2. The van der Waals surface area contributed by atoms with Gasteiger partial charge < -0.3 is 0 Å². The number of hydrazine groups is 2. The molecule has 1 aromatic heterocycles. The lowest BCUT2D eigenvalue weighted by molar-refractivity contribution is -0.193. The van der Waals surface area contributed by atoms with Gasteiger partial charge in [-0.15, -0.1) is 11.3 Å². The van der Waals surface area contributed by atoms with Crippen molar-refractivity contribution in [3.63, 3.8) is 0 Å². The summed E-state index contributed by atoms with van der Waals surface area (Å²) in [5, 5.41) is 7.45. The molecule has 1 aromatic carbocycles. The van der Waals surface area contributed by atoms with Crippen LogP contribution in [0.4, 0.5) is 5.00 Å². The van der Waals surface area contributed by atoms with Gasteiger partial charge in [0.05, 0.1) is 9.72 Å². The van der Waals surface area contributed by atoms with Gasteiger partial charge in [-0.3, -0.25) is 4.84 Å². The standard InChI is InChI=1S/C17H20ClN3OS/c1-20-17(10-11-5-7-13(17)8-6-11)22-19-21(20)15-9-12-3-2-4-14(18)16(12)23-15/h2-4,9,11,13,19H,5-8,10H2,1H3. The van der Waals surface area contributed by atoms with Crippen molar-refractivity contribution >= 4 is 38.0 Å². The monoisotopic (exact) mass is 349 g/mol. The number of anilines is 1. The molecule has 4 fully saturated rings. The quantitative estimate of drug-likeness (QED) is 0.816. The molecule has 2 aromatic rings. The maximum atomic E-state index is 6.33. The lowest BCUT2D eigenvalue weighted by Crippen LogP contribution is -2.58. The zero-order chi connectivity index (χ0) is 15.6. The first-order valence-corrected chi connectivity index (χ1v) is 9.52. The normalized spacial score (nSPS) is 34.1. The van der Waals surface area contributed by atoms with Gasteiger partial charge in [0.15, 0.2) is 5.72 Å². The highest BCUT2D eigenvalue weighted by Crippen LogP contribution is 2.52. The Hall–Kier alpha value is -0.850. The molecule has 23 heavy (non-hydrogen) atoms. The molecule has 4 aliphatic rings. The second-order valence-electron chi connectivity index (χ2n) is 7.04. The highest BCUT2D eigenvalue weighted by molar-refractivity contribution is 7.23. The van der Waals surface area contributed by atoms with E-state index in [0.717, 1.165) is 27.1 Å². The van der Waals surface area contributed by atoms with Crippen molar-refractivity contribution in [2.45, 2.75) is 37.8 Å². The van der Waals surface area contributed by atoms with Crippen LogP contribution in [0.25, 0.3) is 10.1 Å². The van der Waals surface area contributed by atoms with Crippen LogP contribution in [-0.4, -0.2) is 17.8 Å². The Morgan fingerprint density at radius 1 is 1.30 bits per heavy atom. The van der Waals surface area contributed by atoms with E-state index >= 15 is 0 Å². The molecule has 0 radical (unpaired) electrons. The van der Waals surface area contributed by atoms with Crippen molar-refractivity contribution < 1.29 is 4.84 Å². The molecule has 2 bridgehead atoms. The molecule has 4 nitrogen and oxygen atoms in total. The van der Waals surface area contributed by atoms with Crippen molar-refractivity contribution in [1.82, 2.24) is 10.6 Å². The van der Waals surface area contributed by atoms with E-state index in [4.69, 9.17) is 16.4 Å². The second kappa shape index (κ2) is 5.07. The smallest absolute Gasteiger partial charge is 0.165 e. The van der Waals surface area contributed by atoms with E-state index in [0.29, 0.717) is 5.92 Å². The molecule has 1 atom stereocenters. The number of hydrogen-bond acceptors (Lipinski definition) is 5. The molecular formula is C17H20ClN3OS. The summed E-state index contributed by atoms with van der Waals surface area (Å²) >= 11 is 8.04. The van der Waals surface area contributed by atoms with E-state index in [9.17, 15) is 0 Å². The van der Waals surface area contributed by atoms with E-state index in [1.54, 1.807) is 11.3 Å². The Kier molecular flexibility index (Phi) is 3.19.